The molecule has 1 amide bonds. The van der Waals surface area contributed by atoms with Gasteiger partial charge in [0.25, 0.3) is 0 Å². The van der Waals surface area contributed by atoms with Crippen molar-refractivity contribution in [2.24, 2.45) is 0 Å². The molecule has 1 saturated heterocycles. The number of aromatic amines is 1. The zero-order chi connectivity index (χ0) is 16.7. The molecule has 7 nitrogen and oxygen atoms in total. The molecule has 2 heterocycles. The van der Waals surface area contributed by atoms with Gasteiger partial charge < -0.3 is 10.3 Å². The first-order valence-corrected chi connectivity index (χ1v) is 8.02. The zero-order valence-corrected chi connectivity index (χ0v) is 13.7. The Bertz CT molecular complexity index is 917. The van der Waals surface area contributed by atoms with Crippen LogP contribution in [0.2, 0.25) is 5.02 Å². The summed E-state index contributed by atoms with van der Waals surface area (Å²) in [4.78, 5) is 15.8. The van der Waals surface area contributed by atoms with Crippen LogP contribution < -0.4 is 27.2 Å². The van der Waals surface area contributed by atoms with E-state index >= 15 is 0 Å². The highest BCUT2D eigenvalue weighted by Crippen LogP contribution is 2.30. The number of fused-ring (bicyclic) bond motifs is 3. The van der Waals surface area contributed by atoms with Crippen LogP contribution in [0.3, 0.4) is 0 Å². The monoisotopic (exact) mass is 344 g/mol. The van der Waals surface area contributed by atoms with Crippen LogP contribution >= 0.6 is 11.6 Å². The summed E-state index contributed by atoms with van der Waals surface area (Å²) >= 11 is 6.09. The van der Waals surface area contributed by atoms with Crippen molar-refractivity contribution in [2.45, 2.75) is 19.1 Å². The predicted molar refractivity (Wildman–Crippen MR) is 93.7 cm³/mol. The Kier molecular flexibility index (Phi) is 3.87. The van der Waals surface area contributed by atoms with E-state index in [-0.39, 0.29) is 18.1 Å². The average Bonchev–Trinajstić information content (AvgIpc) is 3.20. The maximum Gasteiger partial charge on any atom is 0.229 e. The Labute approximate surface area is 143 Å². The Morgan fingerprint density at radius 1 is 1.08 bits per heavy atom. The van der Waals surface area contributed by atoms with Crippen molar-refractivity contribution in [3.63, 3.8) is 0 Å². The summed E-state index contributed by atoms with van der Waals surface area (Å²) in [6.07, 6.45) is -0.362. The van der Waals surface area contributed by atoms with Crippen LogP contribution in [0.25, 0.3) is 21.8 Å². The van der Waals surface area contributed by atoms with Crippen LogP contribution in [-0.4, -0.2) is 17.2 Å². The summed E-state index contributed by atoms with van der Waals surface area (Å²) in [5, 5.41) is 5.73. The highest BCUT2D eigenvalue weighted by Gasteiger charge is 2.21. The molecule has 8 heteroatoms. The molecule has 0 spiro atoms. The maximum atomic E-state index is 12.4. The summed E-state index contributed by atoms with van der Waals surface area (Å²) in [6.45, 7) is 1.88. The van der Waals surface area contributed by atoms with E-state index in [2.05, 4.69) is 32.2 Å². The van der Waals surface area contributed by atoms with Gasteiger partial charge in [-0.3, -0.25) is 4.79 Å². The predicted octanol–water partition coefficient (Wildman–Crippen LogP) is 1.59. The standard InChI is InChI=1S/C16H17ClN6O/c1-8(15(24)19-16-20-22-23-21-16)9-2-4-11-12-7-10(17)3-5-13(12)18-14(11)6-9/h2-8,16,18,20-23H,1H3,(H,19,24). The lowest BCUT2D eigenvalue weighted by Crippen LogP contribution is -2.50. The second-order valence-corrected chi connectivity index (χ2v) is 6.26. The van der Waals surface area contributed by atoms with Crippen LogP contribution in [0.15, 0.2) is 36.4 Å². The van der Waals surface area contributed by atoms with Gasteiger partial charge in [0.15, 0.2) is 6.29 Å². The van der Waals surface area contributed by atoms with Gasteiger partial charge in [0, 0.05) is 26.8 Å². The van der Waals surface area contributed by atoms with E-state index in [1.165, 1.54) is 0 Å². The average molecular weight is 345 g/mol. The Morgan fingerprint density at radius 2 is 1.88 bits per heavy atom. The van der Waals surface area contributed by atoms with Gasteiger partial charge in [0.05, 0.1) is 5.92 Å². The number of carbonyl (C=O) groups excluding carboxylic acids is 1. The molecule has 1 aromatic heterocycles. The zero-order valence-electron chi connectivity index (χ0n) is 12.9. The fourth-order valence-corrected chi connectivity index (χ4v) is 3.08. The molecule has 1 atom stereocenters. The smallest absolute Gasteiger partial charge is 0.229 e. The number of nitrogens with one attached hydrogen (secondary N) is 6. The number of hydrazine groups is 3. The maximum absolute atomic E-state index is 12.4. The Hall–Kier alpha value is -2.16. The van der Waals surface area contributed by atoms with E-state index in [1.807, 2.05) is 43.3 Å². The molecular formula is C16H17ClN6O. The van der Waals surface area contributed by atoms with E-state index in [9.17, 15) is 4.79 Å². The number of hydrogen-bond donors (Lipinski definition) is 6. The molecule has 6 N–H and O–H groups in total. The molecule has 2 aromatic carbocycles. The molecule has 0 aliphatic carbocycles. The number of carbonyl (C=O) groups is 1. The third-order valence-electron chi connectivity index (χ3n) is 4.26. The third-order valence-corrected chi connectivity index (χ3v) is 4.50. The van der Waals surface area contributed by atoms with Crippen molar-refractivity contribution in [3.8, 4) is 0 Å². The second-order valence-electron chi connectivity index (χ2n) is 5.82. The lowest BCUT2D eigenvalue weighted by atomic mass is 9.98. The molecule has 3 aromatic rings. The summed E-state index contributed by atoms with van der Waals surface area (Å²) < 4.78 is 0. The van der Waals surface area contributed by atoms with Gasteiger partial charge in [-0.25, -0.2) is 10.9 Å². The molecule has 1 unspecified atom stereocenters. The molecule has 1 aliphatic heterocycles. The number of amides is 1. The Morgan fingerprint density at radius 3 is 2.67 bits per heavy atom. The number of rotatable bonds is 3. The first-order chi connectivity index (χ1) is 11.6. The number of halogens is 1. The van der Waals surface area contributed by atoms with E-state index in [4.69, 9.17) is 11.6 Å². The second kappa shape index (κ2) is 6.04. The summed E-state index contributed by atoms with van der Waals surface area (Å²) in [5.41, 5.74) is 13.9. The largest absolute Gasteiger partial charge is 0.355 e. The van der Waals surface area contributed by atoms with Crippen LogP contribution in [0.5, 0.6) is 0 Å². The van der Waals surface area contributed by atoms with Gasteiger partial charge >= 0.3 is 0 Å². The first kappa shape index (κ1) is 15.4. The number of aromatic nitrogens is 1. The number of H-pyrrole nitrogens is 1. The van der Waals surface area contributed by atoms with E-state index in [0.717, 1.165) is 27.4 Å². The van der Waals surface area contributed by atoms with Crippen molar-refractivity contribution in [1.82, 2.24) is 32.2 Å². The molecule has 1 fully saturated rings. The minimum absolute atomic E-state index is 0.0796. The normalized spacial score (nSPS) is 16.8. The molecule has 124 valence electrons. The minimum Gasteiger partial charge on any atom is -0.355 e. The molecule has 24 heavy (non-hydrogen) atoms. The number of hydrogen-bond acceptors (Lipinski definition) is 5. The van der Waals surface area contributed by atoms with E-state index < -0.39 is 0 Å². The minimum atomic E-state index is -0.362. The Balaban J connectivity index is 1.64. The lowest BCUT2D eigenvalue weighted by Gasteiger charge is -2.16. The quantitative estimate of drug-likeness (QED) is 0.434. The highest BCUT2D eigenvalue weighted by atomic mass is 35.5. The fraction of sp³-hybridized carbons (Fsp3) is 0.188. The van der Waals surface area contributed by atoms with Gasteiger partial charge in [-0.2, -0.15) is 11.1 Å². The van der Waals surface area contributed by atoms with Crippen LogP contribution in [0.4, 0.5) is 0 Å². The molecule has 0 radical (unpaired) electrons. The molecule has 4 rings (SSSR count). The fourth-order valence-electron chi connectivity index (χ4n) is 2.91. The van der Waals surface area contributed by atoms with Crippen molar-refractivity contribution >= 4 is 39.3 Å². The molecule has 1 aliphatic rings. The van der Waals surface area contributed by atoms with Crippen LogP contribution in [0, 0.1) is 0 Å². The first-order valence-electron chi connectivity index (χ1n) is 7.64. The van der Waals surface area contributed by atoms with Crippen LogP contribution in [-0.2, 0) is 4.79 Å². The molecule has 0 saturated carbocycles. The highest BCUT2D eigenvalue weighted by molar-refractivity contribution is 6.31. The van der Waals surface area contributed by atoms with Crippen molar-refractivity contribution in [1.29, 1.82) is 0 Å². The summed E-state index contributed by atoms with van der Waals surface area (Å²) in [5.74, 6) is -0.363. The molecule has 0 bridgehead atoms. The van der Waals surface area contributed by atoms with Gasteiger partial charge in [-0.15, -0.1) is 0 Å². The molecular weight excluding hydrogens is 328 g/mol. The van der Waals surface area contributed by atoms with Gasteiger partial charge in [0.2, 0.25) is 5.91 Å². The van der Waals surface area contributed by atoms with Crippen molar-refractivity contribution in [2.75, 3.05) is 0 Å². The van der Waals surface area contributed by atoms with E-state index in [1.54, 1.807) is 0 Å². The van der Waals surface area contributed by atoms with Gasteiger partial charge in [-0.1, -0.05) is 23.7 Å². The third kappa shape index (κ3) is 2.72. The summed E-state index contributed by atoms with van der Waals surface area (Å²) in [7, 11) is 0. The van der Waals surface area contributed by atoms with Gasteiger partial charge in [-0.05, 0) is 36.8 Å². The summed E-state index contributed by atoms with van der Waals surface area (Å²) in [6, 6.07) is 11.8. The van der Waals surface area contributed by atoms with Crippen LogP contribution in [0.1, 0.15) is 18.4 Å². The SMILES string of the molecule is CC(C(=O)NC1NNNN1)c1ccc2c(c1)[nH]c1ccc(Cl)cc12. The topological polar surface area (TPSA) is 93.0 Å². The van der Waals surface area contributed by atoms with Crippen molar-refractivity contribution in [3.05, 3.63) is 47.0 Å². The van der Waals surface area contributed by atoms with Gasteiger partial charge in [0.1, 0.15) is 0 Å². The number of benzene rings is 2. The van der Waals surface area contributed by atoms with Crippen molar-refractivity contribution < 1.29 is 4.79 Å². The lowest BCUT2D eigenvalue weighted by molar-refractivity contribution is -0.123. The van der Waals surface area contributed by atoms with E-state index in [0.29, 0.717) is 5.02 Å².